The van der Waals surface area contributed by atoms with Crippen molar-refractivity contribution in [1.29, 1.82) is 0 Å². The number of alkyl halides is 6. The van der Waals surface area contributed by atoms with Crippen LogP contribution in [0.3, 0.4) is 0 Å². The number of methoxy groups -OCH3 is 1. The van der Waals surface area contributed by atoms with E-state index in [1.165, 1.54) is 31.4 Å². The fraction of sp³-hybridized carbons (Fsp3) is 0.417. The second-order valence-electron chi connectivity index (χ2n) is 4.43. The van der Waals surface area contributed by atoms with Crippen LogP contribution in [0.1, 0.15) is 6.92 Å². The number of hydrogen-bond donors (Lipinski definition) is 2. The molecular weight excluding hydrogens is 318 g/mol. The van der Waals surface area contributed by atoms with E-state index in [4.69, 9.17) is 4.74 Å². The first-order valence-corrected chi connectivity index (χ1v) is 5.77. The zero-order valence-corrected chi connectivity index (χ0v) is 11.4. The first kappa shape index (κ1) is 17.9. The molecule has 1 aromatic rings. The van der Waals surface area contributed by atoms with Gasteiger partial charge in [-0.2, -0.15) is 26.3 Å². The van der Waals surface area contributed by atoms with Crippen LogP contribution in [0, 0.1) is 0 Å². The molecule has 0 radical (unpaired) electrons. The Balaban J connectivity index is 2.93. The third-order valence-electron chi connectivity index (χ3n) is 2.83. The van der Waals surface area contributed by atoms with Gasteiger partial charge in [0.25, 0.3) is 0 Å². The number of amides is 2. The molecule has 0 spiro atoms. The van der Waals surface area contributed by atoms with E-state index in [2.05, 4.69) is 0 Å². The quantitative estimate of drug-likeness (QED) is 0.830. The molecule has 4 nitrogen and oxygen atoms in total. The molecule has 0 aliphatic carbocycles. The number of urea groups is 1. The second-order valence-corrected chi connectivity index (χ2v) is 4.43. The summed E-state index contributed by atoms with van der Waals surface area (Å²) in [6.07, 6.45) is -11.4. The fourth-order valence-electron chi connectivity index (χ4n) is 1.39. The van der Waals surface area contributed by atoms with Crippen molar-refractivity contribution >= 4 is 11.7 Å². The maximum Gasteiger partial charge on any atom is 0.420 e. The smallest absolute Gasteiger partial charge is 0.420 e. The van der Waals surface area contributed by atoms with Crippen molar-refractivity contribution in [2.45, 2.75) is 24.8 Å². The number of hydrogen-bond acceptors (Lipinski definition) is 2. The van der Waals surface area contributed by atoms with Gasteiger partial charge in [0.1, 0.15) is 5.75 Å². The number of benzene rings is 1. The Bertz CT molecular complexity index is 527. The number of anilines is 1. The molecule has 2 amide bonds. The third kappa shape index (κ3) is 3.74. The molecule has 0 aliphatic rings. The van der Waals surface area contributed by atoms with Gasteiger partial charge >= 0.3 is 18.4 Å². The molecule has 2 N–H and O–H groups in total. The van der Waals surface area contributed by atoms with Crippen molar-refractivity contribution in [2.24, 2.45) is 0 Å². The first-order valence-electron chi connectivity index (χ1n) is 5.77. The summed E-state index contributed by atoms with van der Waals surface area (Å²) in [5.41, 5.74) is -4.40. The molecule has 0 atom stereocenters. The van der Waals surface area contributed by atoms with Gasteiger partial charge in [-0.05, 0) is 19.1 Å². The summed E-state index contributed by atoms with van der Waals surface area (Å²) >= 11 is 0. The molecule has 0 unspecified atom stereocenters. The lowest BCUT2D eigenvalue weighted by molar-refractivity contribution is -0.297. The predicted octanol–water partition coefficient (Wildman–Crippen LogP) is 3.70. The lowest BCUT2D eigenvalue weighted by atomic mass is 10.0. The second kappa shape index (κ2) is 5.93. The molecule has 0 bridgehead atoms. The summed E-state index contributed by atoms with van der Waals surface area (Å²) in [4.78, 5) is 11.5. The van der Waals surface area contributed by atoms with Crippen LogP contribution < -0.4 is 15.4 Å². The van der Waals surface area contributed by atoms with E-state index in [9.17, 15) is 31.1 Å². The van der Waals surface area contributed by atoms with Crippen molar-refractivity contribution in [3.63, 3.8) is 0 Å². The van der Waals surface area contributed by atoms with Crippen molar-refractivity contribution in [2.75, 3.05) is 12.4 Å². The highest BCUT2D eigenvalue weighted by atomic mass is 19.4. The molecule has 0 saturated carbocycles. The number of halogens is 6. The summed E-state index contributed by atoms with van der Waals surface area (Å²) in [5, 5.41) is 2.80. The minimum atomic E-state index is -5.71. The van der Waals surface area contributed by atoms with E-state index in [0.717, 1.165) is 5.32 Å². The van der Waals surface area contributed by atoms with Crippen LogP contribution >= 0.6 is 0 Å². The molecule has 0 saturated heterocycles. The zero-order valence-electron chi connectivity index (χ0n) is 11.4. The van der Waals surface area contributed by atoms with Crippen LogP contribution in [0.25, 0.3) is 0 Å². The van der Waals surface area contributed by atoms with Crippen molar-refractivity contribution in [1.82, 2.24) is 5.32 Å². The van der Waals surface area contributed by atoms with Crippen molar-refractivity contribution < 1.29 is 35.9 Å². The molecule has 0 heterocycles. The van der Waals surface area contributed by atoms with E-state index >= 15 is 0 Å². The van der Waals surface area contributed by atoms with Crippen LogP contribution in [0.5, 0.6) is 5.75 Å². The van der Waals surface area contributed by atoms with E-state index < -0.39 is 23.9 Å². The lowest BCUT2D eigenvalue weighted by Crippen LogP contribution is -2.66. The van der Waals surface area contributed by atoms with Gasteiger partial charge in [0.15, 0.2) is 0 Å². The Kier molecular flexibility index (Phi) is 4.83. The Labute approximate surface area is 121 Å². The number of carbonyl (C=O) groups excluding carboxylic acids is 1. The minimum Gasteiger partial charge on any atom is -0.497 e. The summed E-state index contributed by atoms with van der Waals surface area (Å²) in [5.74, 6) is 0.271. The van der Waals surface area contributed by atoms with Crippen LogP contribution in [0.4, 0.5) is 36.8 Å². The SMILES string of the molecule is COc1cccc(NC(=O)NC(C)(C(F)(F)F)C(F)(F)F)c1. The number of nitrogens with one attached hydrogen (secondary N) is 2. The molecule has 22 heavy (non-hydrogen) atoms. The molecule has 124 valence electrons. The van der Waals surface area contributed by atoms with Crippen LogP contribution in [0.2, 0.25) is 0 Å². The van der Waals surface area contributed by atoms with Crippen molar-refractivity contribution in [3.05, 3.63) is 24.3 Å². The largest absolute Gasteiger partial charge is 0.497 e. The minimum absolute atomic E-state index is 0.0245. The average molecular weight is 330 g/mol. The topological polar surface area (TPSA) is 50.4 Å². The molecule has 10 heteroatoms. The summed E-state index contributed by atoms with van der Waals surface area (Å²) in [6, 6.07) is 3.75. The number of carbonyl (C=O) groups is 1. The first-order chi connectivity index (χ1) is 9.90. The van der Waals surface area contributed by atoms with Gasteiger partial charge in [0.05, 0.1) is 7.11 Å². The van der Waals surface area contributed by atoms with Crippen LogP contribution in [-0.4, -0.2) is 31.0 Å². The van der Waals surface area contributed by atoms with Gasteiger partial charge in [-0.1, -0.05) is 6.07 Å². The van der Waals surface area contributed by atoms with Gasteiger partial charge in [0.2, 0.25) is 5.54 Å². The molecule has 0 fully saturated rings. The lowest BCUT2D eigenvalue weighted by Gasteiger charge is -2.34. The molecule has 0 aromatic heterocycles. The van der Waals surface area contributed by atoms with E-state index in [0.29, 0.717) is 0 Å². The van der Waals surface area contributed by atoms with Crippen LogP contribution in [0.15, 0.2) is 24.3 Å². The number of rotatable bonds is 3. The summed E-state index contributed by atoms with van der Waals surface area (Å²) in [6.45, 7) is -0.155. The molecular formula is C12H12F6N2O2. The highest BCUT2D eigenvalue weighted by molar-refractivity contribution is 5.90. The Hall–Kier alpha value is -2.13. The van der Waals surface area contributed by atoms with Crippen LogP contribution in [-0.2, 0) is 0 Å². The molecule has 0 aliphatic heterocycles. The average Bonchev–Trinajstić information content (AvgIpc) is 2.36. The number of ether oxygens (including phenoxy) is 1. The van der Waals surface area contributed by atoms with E-state index in [-0.39, 0.29) is 18.4 Å². The zero-order chi connectivity index (χ0) is 17.2. The summed E-state index contributed by atoms with van der Waals surface area (Å²) in [7, 11) is 1.31. The third-order valence-corrected chi connectivity index (χ3v) is 2.83. The van der Waals surface area contributed by atoms with E-state index in [1.54, 1.807) is 0 Å². The molecule has 1 aromatic carbocycles. The normalized spacial score (nSPS) is 12.7. The highest BCUT2D eigenvalue weighted by Crippen LogP contribution is 2.42. The van der Waals surface area contributed by atoms with Gasteiger partial charge in [-0.15, -0.1) is 0 Å². The standard InChI is InChI=1S/C12H12F6N2O2/c1-10(11(13,14)15,12(16,17)18)20-9(21)19-7-4-3-5-8(6-7)22-2/h3-6H,1-2H3,(H2,19,20,21). The van der Waals surface area contributed by atoms with Gasteiger partial charge in [0, 0.05) is 11.8 Å². The van der Waals surface area contributed by atoms with Gasteiger partial charge in [-0.3, -0.25) is 0 Å². The monoisotopic (exact) mass is 330 g/mol. The maximum atomic E-state index is 12.6. The Morgan fingerprint density at radius 3 is 2.09 bits per heavy atom. The fourth-order valence-corrected chi connectivity index (χ4v) is 1.39. The molecule has 1 rings (SSSR count). The Morgan fingerprint density at radius 2 is 1.64 bits per heavy atom. The van der Waals surface area contributed by atoms with Gasteiger partial charge < -0.3 is 15.4 Å². The van der Waals surface area contributed by atoms with Crippen molar-refractivity contribution in [3.8, 4) is 5.75 Å². The Morgan fingerprint density at radius 1 is 1.09 bits per heavy atom. The van der Waals surface area contributed by atoms with E-state index in [1.807, 2.05) is 5.32 Å². The maximum absolute atomic E-state index is 12.6. The highest BCUT2D eigenvalue weighted by Gasteiger charge is 2.68. The summed E-state index contributed by atoms with van der Waals surface area (Å²) < 4.78 is 80.6. The van der Waals surface area contributed by atoms with Gasteiger partial charge in [-0.25, -0.2) is 4.79 Å². The predicted molar refractivity (Wildman–Crippen MR) is 65.7 cm³/mol.